The third-order valence-electron chi connectivity index (χ3n) is 5.76. The molecule has 0 aromatic carbocycles. The van der Waals surface area contributed by atoms with E-state index in [1.54, 1.807) is 6.20 Å². The molecule has 2 unspecified atom stereocenters. The molecule has 4 rings (SSSR count). The zero-order valence-electron chi connectivity index (χ0n) is 19.7. The third kappa shape index (κ3) is 5.18. The van der Waals surface area contributed by atoms with Crippen molar-refractivity contribution in [1.82, 2.24) is 19.7 Å². The molecule has 33 heavy (non-hydrogen) atoms. The number of hydrogen-bond donors (Lipinski definition) is 2. The fourth-order valence-electron chi connectivity index (χ4n) is 4.06. The van der Waals surface area contributed by atoms with Crippen LogP contribution in [0.4, 0.5) is 5.82 Å². The number of anilines is 1. The van der Waals surface area contributed by atoms with Crippen molar-refractivity contribution < 1.29 is 5.11 Å². The second-order valence-electron chi connectivity index (χ2n) is 7.85. The first-order valence-corrected chi connectivity index (χ1v) is 11.7. The molecule has 0 amide bonds. The zero-order chi connectivity index (χ0) is 23.8. The Balaban J connectivity index is 0.00000149. The molecule has 2 N–H and O–H groups in total. The number of aromatic amines is 1. The highest BCUT2D eigenvalue weighted by atomic mass is 16.3. The maximum Gasteiger partial charge on any atom is 0.277 e. The predicted octanol–water partition coefficient (Wildman–Crippen LogP) is 4.20. The van der Waals surface area contributed by atoms with Crippen LogP contribution in [-0.2, 0) is 0 Å². The van der Waals surface area contributed by atoms with Crippen molar-refractivity contribution in [3.05, 3.63) is 53.0 Å². The van der Waals surface area contributed by atoms with Gasteiger partial charge in [-0.3, -0.25) is 14.9 Å². The fraction of sp³-hybridized carbons (Fsp3) is 0.423. The number of terminal acetylenes is 1. The van der Waals surface area contributed by atoms with Crippen LogP contribution >= 0.6 is 0 Å². The Bertz CT molecular complexity index is 1230. The highest BCUT2D eigenvalue weighted by molar-refractivity contribution is 6.00. The van der Waals surface area contributed by atoms with Crippen molar-refractivity contribution in [3.8, 4) is 12.3 Å². The number of H-pyrrole nitrogens is 1. The Labute approximate surface area is 194 Å². The predicted molar refractivity (Wildman–Crippen MR) is 135 cm³/mol. The first-order chi connectivity index (χ1) is 16.2. The third-order valence-corrected chi connectivity index (χ3v) is 5.76. The van der Waals surface area contributed by atoms with Crippen LogP contribution in [0.3, 0.4) is 0 Å². The molecule has 1 fully saturated rings. The monoisotopic (exact) mass is 447 g/mol. The lowest BCUT2D eigenvalue weighted by Gasteiger charge is -2.32. The van der Waals surface area contributed by atoms with Crippen LogP contribution in [0, 0.1) is 18.3 Å². The molecule has 0 aliphatic carbocycles. The van der Waals surface area contributed by atoms with E-state index in [-0.39, 0.29) is 18.1 Å². The zero-order valence-corrected chi connectivity index (χ0v) is 19.7. The molecule has 1 aliphatic heterocycles. The lowest BCUT2D eigenvalue weighted by atomic mass is 9.99. The number of aliphatic hydroxyl groups is 1. The van der Waals surface area contributed by atoms with E-state index in [4.69, 9.17) is 11.4 Å². The number of nitrogens with zero attached hydrogens (tertiary/aromatic N) is 4. The average molecular weight is 448 g/mol. The van der Waals surface area contributed by atoms with Crippen LogP contribution < -0.4 is 10.5 Å². The van der Waals surface area contributed by atoms with Gasteiger partial charge in [-0.1, -0.05) is 44.1 Å². The van der Waals surface area contributed by atoms with Crippen LogP contribution in [0.2, 0.25) is 0 Å². The molecule has 0 radical (unpaired) electrons. The highest BCUT2D eigenvalue weighted by Crippen LogP contribution is 2.26. The molecule has 2 atom stereocenters. The molecular formula is C26H33N5O2. The maximum absolute atomic E-state index is 13.0. The molecule has 1 aliphatic rings. The minimum absolute atomic E-state index is 0.182. The normalized spacial score (nSPS) is 17.4. The number of aromatic nitrogens is 4. The summed E-state index contributed by atoms with van der Waals surface area (Å²) in [6.07, 6.45) is 17.9. The summed E-state index contributed by atoms with van der Waals surface area (Å²) in [6.45, 7) is 7.81. The van der Waals surface area contributed by atoms with Crippen molar-refractivity contribution in [2.45, 2.75) is 46.1 Å². The van der Waals surface area contributed by atoms with Gasteiger partial charge in [-0.25, -0.2) is 9.67 Å². The van der Waals surface area contributed by atoms with Gasteiger partial charge in [0.2, 0.25) is 0 Å². The first kappa shape index (κ1) is 24.3. The summed E-state index contributed by atoms with van der Waals surface area (Å²) in [5, 5.41) is 13.2. The Hall–Kier alpha value is -3.37. The summed E-state index contributed by atoms with van der Waals surface area (Å²) >= 11 is 0. The molecule has 0 spiro atoms. The lowest BCUT2D eigenvalue weighted by Crippen LogP contribution is -2.37. The number of piperidine rings is 1. The number of nitrogens with one attached hydrogen (secondary N) is 1. The summed E-state index contributed by atoms with van der Waals surface area (Å²) in [5.74, 6) is 3.75. The lowest BCUT2D eigenvalue weighted by molar-refractivity contribution is 0.208. The van der Waals surface area contributed by atoms with Gasteiger partial charge in [-0.05, 0) is 44.2 Å². The van der Waals surface area contributed by atoms with Gasteiger partial charge in [0.15, 0.2) is 0 Å². The average Bonchev–Trinajstić information content (AvgIpc) is 3.21. The molecule has 1 saturated heterocycles. The summed E-state index contributed by atoms with van der Waals surface area (Å²) < 4.78 is 1.45. The van der Waals surface area contributed by atoms with Crippen molar-refractivity contribution in [2.75, 3.05) is 24.6 Å². The first-order valence-electron chi connectivity index (χ1n) is 11.7. The van der Waals surface area contributed by atoms with Crippen LogP contribution in [0.25, 0.3) is 21.9 Å². The second-order valence-corrected chi connectivity index (χ2v) is 7.85. The van der Waals surface area contributed by atoms with Gasteiger partial charge in [0.05, 0.1) is 16.4 Å². The molecule has 7 heteroatoms. The van der Waals surface area contributed by atoms with Gasteiger partial charge in [0.25, 0.3) is 5.56 Å². The molecule has 3 aromatic rings. The molecule has 0 bridgehead atoms. The second kappa shape index (κ2) is 11.5. The minimum atomic E-state index is -0.518. The van der Waals surface area contributed by atoms with E-state index in [1.807, 2.05) is 57.2 Å². The summed E-state index contributed by atoms with van der Waals surface area (Å²) in [6, 6.07) is 3.35. The van der Waals surface area contributed by atoms with E-state index >= 15 is 0 Å². The van der Waals surface area contributed by atoms with E-state index in [2.05, 4.69) is 20.9 Å². The van der Waals surface area contributed by atoms with Crippen molar-refractivity contribution in [1.29, 1.82) is 0 Å². The molecular weight excluding hydrogens is 414 g/mol. The molecule has 4 heterocycles. The Morgan fingerprint density at radius 2 is 2.18 bits per heavy atom. The summed E-state index contributed by atoms with van der Waals surface area (Å²) in [4.78, 5) is 24.5. The SMILES string of the molecule is C#CC(/C=C\C/C=C\C)n1[nH]c2c(cnc3ccc(N4CCCC(CO)C4)nc32)c1=O.CC. The maximum atomic E-state index is 13.0. The van der Waals surface area contributed by atoms with Gasteiger partial charge in [-0.2, -0.15) is 0 Å². The Morgan fingerprint density at radius 3 is 2.91 bits per heavy atom. The van der Waals surface area contributed by atoms with E-state index in [1.165, 1.54) is 4.68 Å². The van der Waals surface area contributed by atoms with Crippen LogP contribution in [0.1, 0.15) is 46.1 Å². The van der Waals surface area contributed by atoms with Crippen molar-refractivity contribution in [2.24, 2.45) is 5.92 Å². The van der Waals surface area contributed by atoms with Gasteiger partial charge < -0.3 is 10.0 Å². The number of hydrogen-bond acceptors (Lipinski definition) is 5. The standard InChI is InChI=1S/C24H27N5O2.C2H6/c1-3-5-6-7-10-18(4-2)29-24(31)19-14-25-20-11-12-21(26-23(20)22(19)27-29)28-13-8-9-17(15-28)16-30;1-2/h2-3,5,7,10-12,14,17-18,27,30H,6,8-9,13,15-16H2,1H3;1-2H3/b5-3-,10-7-;. The topological polar surface area (TPSA) is 87.0 Å². The van der Waals surface area contributed by atoms with Gasteiger partial charge >= 0.3 is 0 Å². The largest absolute Gasteiger partial charge is 0.396 e. The van der Waals surface area contributed by atoms with Crippen LogP contribution in [0.15, 0.2) is 47.4 Å². The quantitative estimate of drug-likeness (QED) is 0.437. The van der Waals surface area contributed by atoms with Gasteiger partial charge in [-0.15, -0.1) is 6.42 Å². The number of rotatable bonds is 6. The summed E-state index contributed by atoms with van der Waals surface area (Å²) in [7, 11) is 0. The number of allylic oxidation sites excluding steroid dienone is 4. The van der Waals surface area contributed by atoms with Gasteiger partial charge in [0.1, 0.15) is 17.4 Å². The minimum Gasteiger partial charge on any atom is -0.396 e. The van der Waals surface area contributed by atoms with Crippen LogP contribution in [-0.4, -0.2) is 44.6 Å². The van der Waals surface area contributed by atoms with E-state index in [0.717, 1.165) is 38.2 Å². The van der Waals surface area contributed by atoms with E-state index in [9.17, 15) is 9.90 Å². The van der Waals surface area contributed by atoms with E-state index < -0.39 is 6.04 Å². The fourth-order valence-corrected chi connectivity index (χ4v) is 4.06. The number of fused-ring (bicyclic) bond motifs is 3. The van der Waals surface area contributed by atoms with Crippen molar-refractivity contribution in [3.63, 3.8) is 0 Å². The van der Waals surface area contributed by atoms with Gasteiger partial charge in [0, 0.05) is 25.9 Å². The Kier molecular flexibility index (Phi) is 8.45. The number of pyridine rings is 2. The van der Waals surface area contributed by atoms with Crippen molar-refractivity contribution >= 4 is 27.8 Å². The highest BCUT2D eigenvalue weighted by Gasteiger charge is 2.21. The summed E-state index contributed by atoms with van der Waals surface area (Å²) in [5.41, 5.74) is 1.77. The smallest absolute Gasteiger partial charge is 0.277 e. The van der Waals surface area contributed by atoms with Crippen LogP contribution in [0.5, 0.6) is 0 Å². The molecule has 0 saturated carbocycles. The number of aliphatic hydroxyl groups excluding tert-OH is 1. The van der Waals surface area contributed by atoms with E-state index in [0.29, 0.717) is 21.9 Å². The molecule has 174 valence electrons. The molecule has 7 nitrogen and oxygen atoms in total. The Morgan fingerprint density at radius 1 is 1.36 bits per heavy atom. The molecule has 3 aromatic heterocycles.